The number of ether oxygens (including phenoxy) is 2. The Kier molecular flexibility index (Phi) is 5.46. The summed E-state index contributed by atoms with van der Waals surface area (Å²) in [5, 5.41) is 0.586. The van der Waals surface area contributed by atoms with E-state index >= 15 is 0 Å². The van der Waals surface area contributed by atoms with Crippen LogP contribution in [0.1, 0.15) is 27.0 Å². The van der Waals surface area contributed by atoms with Gasteiger partial charge in [-0.05, 0) is 67.1 Å². The second kappa shape index (κ2) is 8.35. The van der Waals surface area contributed by atoms with E-state index in [1.165, 1.54) is 0 Å². The molecule has 148 valence electrons. The van der Waals surface area contributed by atoms with E-state index in [1.807, 2.05) is 19.1 Å². The molecule has 0 aromatic heterocycles. The van der Waals surface area contributed by atoms with Crippen LogP contribution in [-0.4, -0.2) is 17.8 Å². The highest BCUT2D eigenvalue weighted by atomic mass is 35.5. The number of cyclic esters (lactones) is 1. The zero-order chi connectivity index (χ0) is 21.1. The number of esters is 2. The van der Waals surface area contributed by atoms with Crippen LogP contribution in [0.15, 0.2) is 83.5 Å². The highest BCUT2D eigenvalue weighted by Crippen LogP contribution is 2.22. The van der Waals surface area contributed by atoms with Gasteiger partial charge in [0.05, 0.1) is 5.56 Å². The summed E-state index contributed by atoms with van der Waals surface area (Å²) in [5.74, 6) is -0.332. The number of rotatable bonds is 4. The number of carbonyl (C=O) groups is 2. The van der Waals surface area contributed by atoms with Crippen molar-refractivity contribution < 1.29 is 19.1 Å². The predicted octanol–water partition coefficient (Wildman–Crippen LogP) is 5.21. The van der Waals surface area contributed by atoms with Gasteiger partial charge in [0.25, 0.3) is 0 Å². The van der Waals surface area contributed by atoms with Gasteiger partial charge in [-0.3, -0.25) is 0 Å². The quantitative estimate of drug-likeness (QED) is 0.332. The number of benzene rings is 3. The molecule has 0 fully saturated rings. The summed E-state index contributed by atoms with van der Waals surface area (Å²) < 4.78 is 10.6. The lowest BCUT2D eigenvalue weighted by atomic mass is 10.1. The van der Waals surface area contributed by atoms with Gasteiger partial charge in [-0.25, -0.2) is 14.6 Å². The largest absolute Gasteiger partial charge is 0.423 e. The third-order valence-electron chi connectivity index (χ3n) is 4.39. The maximum atomic E-state index is 12.2. The maximum Gasteiger partial charge on any atom is 0.363 e. The number of halogens is 1. The summed E-state index contributed by atoms with van der Waals surface area (Å²) in [6.45, 7) is 1.95. The van der Waals surface area contributed by atoms with E-state index in [2.05, 4.69) is 4.99 Å². The average Bonchev–Trinajstić information content (AvgIpc) is 3.10. The normalized spacial score (nSPS) is 14.4. The Morgan fingerprint density at radius 2 is 1.63 bits per heavy atom. The molecular weight excluding hydrogens is 402 g/mol. The fraction of sp³-hybridized carbons (Fsp3) is 0.0417. The first kappa shape index (κ1) is 19.6. The molecular formula is C24H16ClNO4. The lowest BCUT2D eigenvalue weighted by Crippen LogP contribution is -2.08. The van der Waals surface area contributed by atoms with E-state index in [4.69, 9.17) is 21.1 Å². The molecule has 0 aliphatic carbocycles. The number of carbonyl (C=O) groups excluding carboxylic acids is 2. The molecule has 0 saturated carbocycles. The van der Waals surface area contributed by atoms with Gasteiger partial charge < -0.3 is 9.47 Å². The van der Waals surface area contributed by atoms with Crippen molar-refractivity contribution in [1.29, 1.82) is 0 Å². The Hall–Kier alpha value is -3.70. The molecule has 0 bridgehead atoms. The molecule has 5 nitrogen and oxygen atoms in total. The van der Waals surface area contributed by atoms with E-state index < -0.39 is 11.9 Å². The van der Waals surface area contributed by atoms with Crippen molar-refractivity contribution in [2.45, 2.75) is 6.92 Å². The fourth-order valence-electron chi connectivity index (χ4n) is 2.77. The van der Waals surface area contributed by atoms with Crippen LogP contribution in [0.3, 0.4) is 0 Å². The minimum absolute atomic E-state index is 0.185. The smallest absolute Gasteiger partial charge is 0.363 e. The lowest BCUT2D eigenvalue weighted by Gasteiger charge is -2.05. The lowest BCUT2D eigenvalue weighted by molar-refractivity contribution is -0.129. The van der Waals surface area contributed by atoms with Gasteiger partial charge in [0.1, 0.15) is 5.75 Å². The summed E-state index contributed by atoms with van der Waals surface area (Å²) in [6.07, 6.45) is 1.61. The van der Waals surface area contributed by atoms with Crippen molar-refractivity contribution in [3.8, 4) is 5.75 Å². The van der Waals surface area contributed by atoms with Gasteiger partial charge in [-0.1, -0.05) is 41.4 Å². The van der Waals surface area contributed by atoms with Gasteiger partial charge in [-0.15, -0.1) is 0 Å². The third kappa shape index (κ3) is 4.47. The fourth-order valence-corrected chi connectivity index (χ4v) is 2.90. The SMILES string of the molecule is Cc1ccc(C(=O)Oc2ccc(C=C3N=C(c4ccc(Cl)cc4)OC3=O)cc2)cc1. The number of nitrogens with zero attached hydrogens (tertiary/aromatic N) is 1. The third-order valence-corrected chi connectivity index (χ3v) is 4.64. The molecule has 3 aromatic rings. The molecule has 3 aromatic carbocycles. The molecule has 0 radical (unpaired) electrons. The van der Waals surface area contributed by atoms with Crippen LogP contribution < -0.4 is 4.74 Å². The van der Waals surface area contributed by atoms with Crippen molar-refractivity contribution in [2.24, 2.45) is 4.99 Å². The van der Waals surface area contributed by atoms with Crippen LogP contribution in [0, 0.1) is 6.92 Å². The zero-order valence-electron chi connectivity index (χ0n) is 16.0. The number of aliphatic imine (C=N–C) groups is 1. The van der Waals surface area contributed by atoms with E-state index in [1.54, 1.807) is 66.7 Å². The predicted molar refractivity (Wildman–Crippen MR) is 115 cm³/mol. The number of hydrogen-bond donors (Lipinski definition) is 0. The van der Waals surface area contributed by atoms with E-state index in [0.717, 1.165) is 11.1 Å². The molecule has 0 atom stereocenters. The summed E-state index contributed by atoms with van der Waals surface area (Å²) in [5.41, 5.74) is 3.11. The van der Waals surface area contributed by atoms with Gasteiger partial charge in [0.2, 0.25) is 5.90 Å². The topological polar surface area (TPSA) is 65.0 Å². The molecule has 6 heteroatoms. The standard InChI is InChI=1S/C24H16ClNO4/c1-15-2-6-18(7-3-15)23(27)29-20-12-4-16(5-13-20)14-21-24(28)30-22(26-21)17-8-10-19(25)11-9-17/h2-14H,1H3. The summed E-state index contributed by atoms with van der Waals surface area (Å²) in [4.78, 5) is 28.6. The molecule has 0 unspecified atom stereocenters. The Bertz CT molecular complexity index is 1160. The Labute approximate surface area is 178 Å². The highest BCUT2D eigenvalue weighted by Gasteiger charge is 2.24. The zero-order valence-corrected chi connectivity index (χ0v) is 16.7. The molecule has 0 spiro atoms. The van der Waals surface area contributed by atoms with Crippen molar-refractivity contribution in [3.05, 3.63) is 106 Å². The first-order valence-corrected chi connectivity index (χ1v) is 9.53. The van der Waals surface area contributed by atoms with Crippen molar-refractivity contribution in [3.63, 3.8) is 0 Å². The molecule has 1 aliphatic heterocycles. The second-order valence-corrected chi connectivity index (χ2v) is 7.10. The van der Waals surface area contributed by atoms with Crippen LogP contribution in [0.2, 0.25) is 5.02 Å². The molecule has 0 N–H and O–H groups in total. The van der Waals surface area contributed by atoms with Crippen LogP contribution in [-0.2, 0) is 9.53 Å². The van der Waals surface area contributed by atoms with E-state index in [-0.39, 0.29) is 11.6 Å². The van der Waals surface area contributed by atoms with Crippen LogP contribution >= 0.6 is 11.6 Å². The average molecular weight is 418 g/mol. The van der Waals surface area contributed by atoms with Crippen molar-refractivity contribution in [1.82, 2.24) is 0 Å². The monoisotopic (exact) mass is 417 g/mol. The van der Waals surface area contributed by atoms with Crippen LogP contribution in [0.25, 0.3) is 6.08 Å². The van der Waals surface area contributed by atoms with Gasteiger partial charge in [-0.2, -0.15) is 0 Å². The van der Waals surface area contributed by atoms with E-state index in [9.17, 15) is 9.59 Å². The Balaban J connectivity index is 1.48. The summed E-state index contributed by atoms with van der Waals surface area (Å²) in [7, 11) is 0. The van der Waals surface area contributed by atoms with Gasteiger partial charge in [0.15, 0.2) is 5.70 Å². The van der Waals surface area contributed by atoms with E-state index in [0.29, 0.717) is 21.9 Å². The molecule has 1 aliphatic rings. The van der Waals surface area contributed by atoms with Crippen molar-refractivity contribution in [2.75, 3.05) is 0 Å². The Morgan fingerprint density at radius 1 is 0.967 bits per heavy atom. The minimum atomic E-state index is -0.533. The Morgan fingerprint density at radius 3 is 2.30 bits per heavy atom. The molecule has 30 heavy (non-hydrogen) atoms. The molecule has 4 rings (SSSR count). The van der Waals surface area contributed by atoms with Gasteiger partial charge in [0, 0.05) is 10.6 Å². The summed E-state index contributed by atoms with van der Waals surface area (Å²) >= 11 is 5.88. The first-order chi connectivity index (χ1) is 14.5. The molecule has 0 amide bonds. The number of hydrogen-bond acceptors (Lipinski definition) is 5. The second-order valence-electron chi connectivity index (χ2n) is 6.67. The van der Waals surface area contributed by atoms with Crippen LogP contribution in [0.5, 0.6) is 5.75 Å². The minimum Gasteiger partial charge on any atom is -0.423 e. The maximum absolute atomic E-state index is 12.2. The summed E-state index contributed by atoms with van der Waals surface area (Å²) in [6, 6.07) is 20.8. The van der Waals surface area contributed by atoms with Gasteiger partial charge >= 0.3 is 11.9 Å². The molecule has 0 saturated heterocycles. The first-order valence-electron chi connectivity index (χ1n) is 9.15. The highest BCUT2D eigenvalue weighted by molar-refractivity contribution is 6.30. The molecule has 1 heterocycles. The van der Waals surface area contributed by atoms with Crippen molar-refractivity contribution >= 4 is 35.5 Å². The van der Waals surface area contributed by atoms with Crippen LogP contribution in [0.4, 0.5) is 0 Å². The number of aryl methyl sites for hydroxylation is 1.